The van der Waals surface area contributed by atoms with Crippen LogP contribution in [0.4, 0.5) is 18.9 Å². The Morgan fingerprint density at radius 3 is 2.34 bits per heavy atom. The van der Waals surface area contributed by atoms with Crippen molar-refractivity contribution in [3.05, 3.63) is 78.1 Å². The van der Waals surface area contributed by atoms with Gasteiger partial charge in [-0.3, -0.25) is 14.5 Å². The predicted molar refractivity (Wildman–Crippen MR) is 109 cm³/mol. The molecule has 32 heavy (non-hydrogen) atoms. The van der Waals surface area contributed by atoms with E-state index < -0.39 is 29.6 Å². The number of benzene rings is 1. The Morgan fingerprint density at radius 1 is 1.00 bits per heavy atom. The third-order valence-corrected chi connectivity index (χ3v) is 5.42. The summed E-state index contributed by atoms with van der Waals surface area (Å²) in [6.45, 7) is 0. The van der Waals surface area contributed by atoms with Crippen molar-refractivity contribution < 1.29 is 31.6 Å². The summed E-state index contributed by atoms with van der Waals surface area (Å²) in [5.74, 6) is -1.30. The zero-order chi connectivity index (χ0) is 22.7. The van der Waals surface area contributed by atoms with E-state index in [0.717, 1.165) is 42.7 Å². The largest absolute Gasteiger partial charge is 0.467 e. The molecule has 2 amide bonds. The summed E-state index contributed by atoms with van der Waals surface area (Å²) >= 11 is 0. The van der Waals surface area contributed by atoms with E-state index in [4.69, 9.17) is 8.83 Å². The Kier molecular flexibility index (Phi) is 6.07. The summed E-state index contributed by atoms with van der Waals surface area (Å²) in [5.41, 5.74) is -1.05. The summed E-state index contributed by atoms with van der Waals surface area (Å²) in [5, 5.41) is 2.92. The van der Waals surface area contributed by atoms with Crippen molar-refractivity contribution in [1.29, 1.82) is 0 Å². The fourth-order valence-corrected chi connectivity index (χ4v) is 3.91. The molecule has 1 aliphatic carbocycles. The molecule has 168 valence electrons. The minimum absolute atomic E-state index is 0.0676. The lowest BCUT2D eigenvalue weighted by atomic mass is 10.1. The highest BCUT2D eigenvalue weighted by Gasteiger charge is 2.39. The van der Waals surface area contributed by atoms with Crippen LogP contribution in [0.15, 0.2) is 69.9 Å². The summed E-state index contributed by atoms with van der Waals surface area (Å²) in [4.78, 5) is 27.7. The topological polar surface area (TPSA) is 75.7 Å². The number of hydrogen-bond acceptors (Lipinski definition) is 4. The number of rotatable bonds is 6. The van der Waals surface area contributed by atoms with Crippen molar-refractivity contribution in [2.45, 2.75) is 43.9 Å². The van der Waals surface area contributed by atoms with Crippen LogP contribution in [0, 0.1) is 0 Å². The summed E-state index contributed by atoms with van der Waals surface area (Å²) in [6.07, 6.45) is 1.53. The molecule has 1 fully saturated rings. The fraction of sp³-hybridized carbons (Fsp3) is 0.304. The van der Waals surface area contributed by atoms with E-state index >= 15 is 0 Å². The Bertz CT molecular complexity index is 1060. The molecule has 1 unspecified atom stereocenters. The first-order valence-corrected chi connectivity index (χ1v) is 10.2. The van der Waals surface area contributed by atoms with E-state index in [-0.39, 0.29) is 23.2 Å². The van der Waals surface area contributed by atoms with Crippen molar-refractivity contribution in [3.63, 3.8) is 0 Å². The van der Waals surface area contributed by atoms with Crippen LogP contribution in [0.5, 0.6) is 0 Å². The van der Waals surface area contributed by atoms with Crippen LogP contribution in [0.2, 0.25) is 0 Å². The Balaban J connectivity index is 1.80. The SMILES string of the molecule is O=C(NC1CCCC1)C(c1ccco1)N(C(=O)c1ccco1)c1cccc(C(F)(F)F)c1. The molecular formula is C23H21F3N2O4. The number of nitrogens with one attached hydrogen (secondary N) is 1. The molecule has 6 nitrogen and oxygen atoms in total. The highest BCUT2D eigenvalue weighted by Crippen LogP contribution is 2.36. The lowest BCUT2D eigenvalue weighted by molar-refractivity contribution is -0.137. The molecule has 0 radical (unpaired) electrons. The van der Waals surface area contributed by atoms with E-state index in [1.807, 2.05) is 0 Å². The van der Waals surface area contributed by atoms with E-state index in [9.17, 15) is 22.8 Å². The van der Waals surface area contributed by atoms with E-state index in [2.05, 4.69) is 5.32 Å². The Morgan fingerprint density at radius 2 is 1.72 bits per heavy atom. The van der Waals surface area contributed by atoms with Gasteiger partial charge < -0.3 is 14.2 Å². The van der Waals surface area contributed by atoms with Crippen LogP contribution in [-0.2, 0) is 11.0 Å². The number of furan rings is 2. The van der Waals surface area contributed by atoms with Gasteiger partial charge in [0.1, 0.15) is 5.76 Å². The number of amides is 2. The zero-order valence-electron chi connectivity index (χ0n) is 17.0. The van der Waals surface area contributed by atoms with Gasteiger partial charge in [-0.1, -0.05) is 18.9 Å². The smallest absolute Gasteiger partial charge is 0.416 e. The van der Waals surface area contributed by atoms with Crippen molar-refractivity contribution in [2.75, 3.05) is 4.90 Å². The first kappa shape index (κ1) is 21.7. The second-order valence-electron chi connectivity index (χ2n) is 7.61. The van der Waals surface area contributed by atoms with Gasteiger partial charge in [-0.15, -0.1) is 0 Å². The number of halogens is 3. The minimum Gasteiger partial charge on any atom is -0.467 e. The van der Waals surface area contributed by atoms with Gasteiger partial charge in [0.25, 0.3) is 11.8 Å². The first-order valence-electron chi connectivity index (χ1n) is 10.2. The average molecular weight is 446 g/mol. The van der Waals surface area contributed by atoms with Crippen LogP contribution < -0.4 is 10.2 Å². The highest BCUT2D eigenvalue weighted by molar-refractivity contribution is 6.08. The van der Waals surface area contributed by atoms with E-state index in [1.54, 1.807) is 6.07 Å². The third kappa shape index (κ3) is 4.56. The predicted octanol–water partition coefficient (Wildman–Crippen LogP) is 5.34. The summed E-state index contributed by atoms with van der Waals surface area (Å²) in [6, 6.07) is 8.80. The molecule has 1 aliphatic rings. The molecule has 1 atom stereocenters. The number of anilines is 1. The molecular weight excluding hydrogens is 425 g/mol. The molecule has 4 rings (SSSR count). The van der Waals surface area contributed by atoms with Gasteiger partial charge in [-0.25, -0.2) is 0 Å². The van der Waals surface area contributed by atoms with Gasteiger partial charge in [0, 0.05) is 11.7 Å². The van der Waals surface area contributed by atoms with Crippen LogP contribution in [0.3, 0.4) is 0 Å². The van der Waals surface area contributed by atoms with Gasteiger partial charge in [0.05, 0.1) is 18.1 Å². The molecule has 3 aromatic rings. The first-order chi connectivity index (χ1) is 15.3. The molecule has 1 N–H and O–H groups in total. The fourth-order valence-electron chi connectivity index (χ4n) is 3.91. The van der Waals surface area contributed by atoms with Crippen molar-refractivity contribution in [1.82, 2.24) is 5.32 Å². The molecule has 0 aliphatic heterocycles. The maximum absolute atomic E-state index is 13.4. The quantitative estimate of drug-likeness (QED) is 0.555. The lowest BCUT2D eigenvalue weighted by Crippen LogP contribution is -2.46. The maximum Gasteiger partial charge on any atom is 0.416 e. The molecule has 9 heteroatoms. The van der Waals surface area contributed by atoms with E-state index in [0.29, 0.717) is 0 Å². The second kappa shape index (κ2) is 8.94. The molecule has 2 heterocycles. The van der Waals surface area contributed by atoms with Crippen LogP contribution >= 0.6 is 0 Å². The normalized spacial score (nSPS) is 15.5. The molecule has 0 bridgehead atoms. The van der Waals surface area contributed by atoms with Crippen LogP contribution in [0.1, 0.15) is 53.6 Å². The van der Waals surface area contributed by atoms with Gasteiger partial charge in [-0.2, -0.15) is 13.2 Å². The van der Waals surface area contributed by atoms with Crippen LogP contribution in [0.25, 0.3) is 0 Å². The number of alkyl halides is 3. The Hall–Kier alpha value is -3.49. The number of carbonyl (C=O) groups is 2. The van der Waals surface area contributed by atoms with Crippen LogP contribution in [-0.4, -0.2) is 17.9 Å². The molecule has 0 spiro atoms. The van der Waals surface area contributed by atoms with E-state index in [1.165, 1.54) is 42.9 Å². The van der Waals surface area contributed by atoms with Gasteiger partial charge in [-0.05, 0) is 55.3 Å². The number of hydrogen-bond donors (Lipinski definition) is 1. The molecule has 0 saturated heterocycles. The number of nitrogens with zero attached hydrogens (tertiary/aromatic N) is 1. The van der Waals surface area contributed by atoms with Crippen molar-refractivity contribution in [3.8, 4) is 0 Å². The minimum atomic E-state index is -4.62. The van der Waals surface area contributed by atoms with Gasteiger partial charge >= 0.3 is 6.18 Å². The highest BCUT2D eigenvalue weighted by atomic mass is 19.4. The van der Waals surface area contributed by atoms with Gasteiger partial charge in [0.2, 0.25) is 0 Å². The van der Waals surface area contributed by atoms with Gasteiger partial charge in [0.15, 0.2) is 11.8 Å². The molecule has 1 aromatic carbocycles. The summed E-state index contributed by atoms with van der Waals surface area (Å²) in [7, 11) is 0. The second-order valence-corrected chi connectivity index (χ2v) is 7.61. The standard InChI is InChI=1S/C23H21F3N2O4/c24-23(25,26)15-6-3-9-17(14-15)28(22(30)19-11-5-13-32-19)20(18-10-4-12-31-18)21(29)27-16-7-1-2-8-16/h3-6,9-14,16,20H,1-2,7-8H2,(H,27,29). The molecule has 2 aromatic heterocycles. The zero-order valence-corrected chi connectivity index (χ0v) is 17.0. The summed E-state index contributed by atoms with van der Waals surface area (Å²) < 4.78 is 50.8. The third-order valence-electron chi connectivity index (χ3n) is 5.42. The van der Waals surface area contributed by atoms with Crippen molar-refractivity contribution >= 4 is 17.5 Å². The monoisotopic (exact) mass is 446 g/mol. The van der Waals surface area contributed by atoms with Crippen molar-refractivity contribution in [2.24, 2.45) is 0 Å². The average Bonchev–Trinajstić information content (AvgIpc) is 3.54. The molecule has 1 saturated carbocycles. The number of carbonyl (C=O) groups excluding carboxylic acids is 2. The lowest BCUT2D eigenvalue weighted by Gasteiger charge is -2.30. The maximum atomic E-state index is 13.4. The Labute approximate surface area is 182 Å².